The maximum absolute atomic E-state index is 13.7. The summed E-state index contributed by atoms with van der Waals surface area (Å²) in [6, 6.07) is 17.0. The maximum Gasteiger partial charge on any atom is 0.252 e. The average molecular weight is 592 g/mol. The highest BCUT2D eigenvalue weighted by Gasteiger charge is 2.44. The summed E-state index contributed by atoms with van der Waals surface area (Å²) in [4.78, 5) is 26.2. The summed E-state index contributed by atoms with van der Waals surface area (Å²) >= 11 is 0. The molecule has 4 aromatic rings. The van der Waals surface area contributed by atoms with Gasteiger partial charge < -0.3 is 9.73 Å². The molecular weight excluding hydrogens is 564 g/mol. The molecule has 0 unspecified atom stereocenters. The van der Waals surface area contributed by atoms with Crippen LogP contribution in [-0.4, -0.2) is 45.1 Å². The third-order valence-electron chi connectivity index (χ3n) is 7.22. The Morgan fingerprint density at radius 3 is 2.40 bits per heavy atom. The van der Waals surface area contributed by atoms with E-state index in [-0.39, 0.29) is 40.4 Å². The summed E-state index contributed by atoms with van der Waals surface area (Å²) in [5.41, 5.74) is 1.03. The number of anilines is 1. The molecule has 1 aliphatic rings. The van der Waals surface area contributed by atoms with Crippen LogP contribution in [0.3, 0.4) is 0 Å². The van der Waals surface area contributed by atoms with Crippen molar-refractivity contribution in [2.24, 2.45) is 0 Å². The Bertz CT molecular complexity index is 1860. The number of nitriles is 1. The molecule has 0 radical (unpaired) electrons. The number of rotatable bonds is 10. The van der Waals surface area contributed by atoms with Crippen molar-refractivity contribution < 1.29 is 31.2 Å². The van der Waals surface area contributed by atoms with Gasteiger partial charge in [-0.2, -0.15) is 5.26 Å². The maximum atomic E-state index is 13.7. The number of halogens is 2. The number of alkyl halides is 1. The molecule has 1 saturated carbocycles. The number of nitrogens with zero attached hydrogens (tertiary/aromatic N) is 2. The lowest BCUT2D eigenvalue weighted by atomic mass is 9.95. The van der Waals surface area contributed by atoms with Crippen molar-refractivity contribution in [2.45, 2.75) is 31.7 Å². The minimum atomic E-state index is -3.98. The highest BCUT2D eigenvalue weighted by Crippen LogP contribution is 2.42. The minimum Gasteiger partial charge on any atom is -0.455 e. The molecule has 1 aromatic heterocycles. The first-order valence-corrected chi connectivity index (χ1v) is 15.1. The van der Waals surface area contributed by atoms with E-state index in [1.54, 1.807) is 37.3 Å². The number of nitrogens with one attached hydrogen (secondary N) is 1. The number of benzene rings is 3. The average Bonchev–Trinajstić information content (AvgIpc) is 3.65. The van der Waals surface area contributed by atoms with Gasteiger partial charge in [-0.1, -0.05) is 19.1 Å². The van der Waals surface area contributed by atoms with Gasteiger partial charge in [-0.05, 0) is 60.9 Å². The molecule has 0 aliphatic heterocycles. The largest absolute Gasteiger partial charge is 0.455 e. The van der Waals surface area contributed by atoms with Crippen LogP contribution in [0.5, 0.6) is 0 Å². The van der Waals surface area contributed by atoms with Crippen molar-refractivity contribution >= 4 is 38.4 Å². The van der Waals surface area contributed by atoms with Crippen LogP contribution in [0.1, 0.15) is 46.9 Å². The third kappa shape index (κ3) is 5.50. The Hall–Kier alpha value is -4.56. The summed E-state index contributed by atoms with van der Waals surface area (Å²) in [6.45, 7) is 0.240. The van der Waals surface area contributed by atoms with Crippen LogP contribution in [0.4, 0.5) is 14.5 Å². The standard InChI is InChI=1S/C31H27F2N3O5S/c1-3-26(37)28-24-16-23(20-5-4-6-21(15-20)30(38)35-31(18-34)11-12-31)25(36(14-13-32)42(2,39)40)17-27(24)41-29(28)19-7-9-22(33)10-8-19/h4-10,15-17H,3,11-14H2,1-2H3,(H,35,38). The van der Waals surface area contributed by atoms with E-state index in [9.17, 15) is 32.0 Å². The molecule has 8 nitrogen and oxygen atoms in total. The highest BCUT2D eigenvalue weighted by molar-refractivity contribution is 7.92. The van der Waals surface area contributed by atoms with E-state index >= 15 is 0 Å². The van der Waals surface area contributed by atoms with Gasteiger partial charge in [0.2, 0.25) is 10.0 Å². The van der Waals surface area contributed by atoms with Crippen LogP contribution in [0.15, 0.2) is 65.1 Å². The van der Waals surface area contributed by atoms with Crippen molar-refractivity contribution in [2.75, 3.05) is 23.8 Å². The Kier molecular flexibility index (Phi) is 7.60. The van der Waals surface area contributed by atoms with E-state index in [0.29, 0.717) is 34.9 Å². The second kappa shape index (κ2) is 11.0. The molecule has 1 fully saturated rings. The van der Waals surface area contributed by atoms with Crippen molar-refractivity contribution in [3.8, 4) is 28.5 Å². The normalized spacial score (nSPS) is 13.9. The number of hydrogen-bond donors (Lipinski definition) is 1. The topological polar surface area (TPSA) is 120 Å². The zero-order valence-electron chi connectivity index (χ0n) is 22.9. The molecule has 216 valence electrons. The molecule has 0 saturated heterocycles. The van der Waals surface area contributed by atoms with Gasteiger partial charge in [0, 0.05) is 34.6 Å². The lowest BCUT2D eigenvalue weighted by Gasteiger charge is -2.24. The molecule has 3 aromatic carbocycles. The third-order valence-corrected chi connectivity index (χ3v) is 8.40. The van der Waals surface area contributed by atoms with Crippen LogP contribution in [0, 0.1) is 17.1 Å². The first-order valence-electron chi connectivity index (χ1n) is 13.3. The van der Waals surface area contributed by atoms with Crippen molar-refractivity contribution in [3.05, 3.63) is 77.6 Å². The van der Waals surface area contributed by atoms with Gasteiger partial charge in [-0.15, -0.1) is 0 Å². The first kappa shape index (κ1) is 29.0. The molecular formula is C31H27F2N3O5S. The lowest BCUT2D eigenvalue weighted by molar-refractivity contribution is 0.0940. The fourth-order valence-electron chi connectivity index (χ4n) is 4.88. The number of sulfonamides is 1. The molecule has 0 atom stereocenters. The summed E-state index contributed by atoms with van der Waals surface area (Å²) < 4.78 is 60.0. The SMILES string of the molecule is CCC(=O)c1c(-c2ccc(F)cc2)oc2cc(N(CCF)S(C)(=O)=O)c(-c3cccc(C(=O)NC4(C#N)CC4)c3)cc12. The second-order valence-corrected chi connectivity index (χ2v) is 12.1. The number of Topliss-reactive ketones (excluding diaryl/α,β-unsaturated/α-hetero) is 1. The highest BCUT2D eigenvalue weighted by atomic mass is 32.2. The Morgan fingerprint density at radius 1 is 1.10 bits per heavy atom. The molecule has 0 bridgehead atoms. The first-order chi connectivity index (χ1) is 20.0. The van der Waals surface area contributed by atoms with E-state index in [1.165, 1.54) is 30.3 Å². The number of ketones is 1. The van der Waals surface area contributed by atoms with Gasteiger partial charge in [0.25, 0.3) is 5.91 Å². The lowest BCUT2D eigenvalue weighted by Crippen LogP contribution is -2.35. The molecule has 5 rings (SSSR count). The quantitative estimate of drug-likeness (QED) is 0.225. The predicted molar refractivity (Wildman–Crippen MR) is 155 cm³/mol. The fourth-order valence-corrected chi connectivity index (χ4v) is 5.79. The van der Waals surface area contributed by atoms with E-state index in [0.717, 1.165) is 10.6 Å². The van der Waals surface area contributed by atoms with Crippen LogP contribution in [0.25, 0.3) is 33.4 Å². The molecule has 1 N–H and O–H groups in total. The number of amides is 1. The molecule has 0 spiro atoms. The van der Waals surface area contributed by atoms with Gasteiger partial charge in [0.1, 0.15) is 29.4 Å². The number of carbonyl (C=O) groups excluding carboxylic acids is 2. The summed E-state index contributed by atoms with van der Waals surface area (Å²) in [7, 11) is -3.98. The molecule has 11 heteroatoms. The minimum absolute atomic E-state index is 0.0887. The van der Waals surface area contributed by atoms with Crippen molar-refractivity contribution in [1.82, 2.24) is 5.32 Å². The predicted octanol–water partition coefficient (Wildman–Crippen LogP) is 6.02. The Balaban J connectivity index is 1.76. The van der Waals surface area contributed by atoms with Gasteiger partial charge in [-0.25, -0.2) is 17.2 Å². The van der Waals surface area contributed by atoms with Crippen LogP contribution < -0.4 is 9.62 Å². The van der Waals surface area contributed by atoms with Crippen LogP contribution >= 0.6 is 0 Å². The van der Waals surface area contributed by atoms with Gasteiger partial charge in [0.05, 0.1) is 30.1 Å². The molecule has 1 aliphatic carbocycles. The van der Waals surface area contributed by atoms with Gasteiger partial charge >= 0.3 is 0 Å². The number of fused-ring (bicyclic) bond motifs is 1. The van der Waals surface area contributed by atoms with Crippen LogP contribution in [0.2, 0.25) is 0 Å². The monoisotopic (exact) mass is 591 g/mol. The number of hydrogen-bond acceptors (Lipinski definition) is 6. The van der Waals surface area contributed by atoms with Crippen molar-refractivity contribution in [3.63, 3.8) is 0 Å². The fraction of sp³-hybridized carbons (Fsp3) is 0.258. The van der Waals surface area contributed by atoms with Gasteiger partial charge in [-0.3, -0.25) is 13.9 Å². The summed E-state index contributed by atoms with van der Waals surface area (Å²) in [5, 5.41) is 12.5. The molecule has 1 heterocycles. The summed E-state index contributed by atoms with van der Waals surface area (Å²) in [5.74, 6) is -0.999. The van der Waals surface area contributed by atoms with Crippen LogP contribution in [-0.2, 0) is 10.0 Å². The smallest absolute Gasteiger partial charge is 0.252 e. The second-order valence-electron chi connectivity index (χ2n) is 10.2. The zero-order valence-corrected chi connectivity index (χ0v) is 23.7. The summed E-state index contributed by atoms with van der Waals surface area (Å²) in [6.07, 6.45) is 2.18. The zero-order chi connectivity index (χ0) is 30.2. The molecule has 42 heavy (non-hydrogen) atoms. The Morgan fingerprint density at radius 2 is 1.81 bits per heavy atom. The van der Waals surface area contributed by atoms with E-state index in [4.69, 9.17) is 4.42 Å². The van der Waals surface area contributed by atoms with Gasteiger partial charge in [0.15, 0.2) is 5.78 Å². The number of carbonyl (C=O) groups is 2. The van der Waals surface area contributed by atoms with Crippen molar-refractivity contribution in [1.29, 1.82) is 5.26 Å². The molecule has 1 amide bonds. The van der Waals surface area contributed by atoms with E-state index < -0.39 is 40.5 Å². The van der Waals surface area contributed by atoms with E-state index in [2.05, 4.69) is 11.4 Å². The van der Waals surface area contributed by atoms with E-state index in [1.807, 2.05) is 0 Å². The number of furan rings is 1. The Labute approximate surface area is 241 Å².